The van der Waals surface area contributed by atoms with Crippen LogP contribution in [0.1, 0.15) is 130 Å². The van der Waals surface area contributed by atoms with E-state index < -0.39 is 23.2 Å². The Kier molecular flexibility index (Phi) is 6.51. The third kappa shape index (κ3) is 4.24. The molecule has 4 heterocycles. The quantitative estimate of drug-likeness (QED) is 0.513. The first-order chi connectivity index (χ1) is 18.0. The van der Waals surface area contributed by atoms with Gasteiger partial charge in [0.05, 0.1) is 23.1 Å². The molecule has 6 nitrogen and oxygen atoms in total. The maximum atomic E-state index is 11.6. The Hall–Kier alpha value is -1.83. The average Bonchev–Trinajstić information content (AvgIpc) is 3.21. The summed E-state index contributed by atoms with van der Waals surface area (Å²) in [6.07, 6.45) is 2.03. The summed E-state index contributed by atoms with van der Waals surface area (Å²) in [6, 6.07) is 8.84. The van der Waals surface area contributed by atoms with E-state index in [0.29, 0.717) is 38.5 Å². The summed E-state index contributed by atoms with van der Waals surface area (Å²) in [7, 11) is 0. The van der Waals surface area contributed by atoms with Gasteiger partial charge in [-0.15, -0.1) is 0 Å². The van der Waals surface area contributed by atoms with E-state index in [1.807, 2.05) is 13.8 Å². The van der Waals surface area contributed by atoms with Crippen LogP contribution in [0.5, 0.6) is 0 Å². The van der Waals surface area contributed by atoms with Gasteiger partial charge < -0.3 is 24.4 Å². The lowest BCUT2D eigenvalue weighted by atomic mass is 9.68. The van der Waals surface area contributed by atoms with E-state index in [1.165, 1.54) is 5.56 Å². The second-order valence-corrected chi connectivity index (χ2v) is 13.6. The topological polar surface area (TPSA) is 81.0 Å². The van der Waals surface area contributed by atoms with Crippen LogP contribution in [0.15, 0.2) is 24.3 Å². The number of benzene rings is 1. The van der Waals surface area contributed by atoms with Crippen LogP contribution in [0, 0.1) is 5.41 Å². The number of pyridine rings is 1. The summed E-state index contributed by atoms with van der Waals surface area (Å²) in [5, 5.41) is 23.2. The van der Waals surface area contributed by atoms with E-state index in [4.69, 9.17) is 19.2 Å². The summed E-state index contributed by atoms with van der Waals surface area (Å²) in [6.45, 7) is 13.4. The molecule has 3 aliphatic heterocycles. The van der Waals surface area contributed by atoms with Crippen molar-refractivity contribution in [2.75, 3.05) is 26.4 Å². The van der Waals surface area contributed by atoms with E-state index in [-0.39, 0.29) is 17.4 Å². The molecule has 1 unspecified atom stereocenters. The van der Waals surface area contributed by atoms with Gasteiger partial charge in [0.25, 0.3) is 0 Å². The zero-order chi connectivity index (χ0) is 26.9. The molecule has 6 heteroatoms. The zero-order valence-corrected chi connectivity index (χ0v) is 23.5. The highest BCUT2D eigenvalue weighted by molar-refractivity contribution is 5.55. The summed E-state index contributed by atoms with van der Waals surface area (Å²) in [5.41, 5.74) is 6.12. The molecule has 38 heavy (non-hydrogen) atoms. The molecule has 0 radical (unpaired) electrons. The van der Waals surface area contributed by atoms with Gasteiger partial charge in [0.2, 0.25) is 0 Å². The van der Waals surface area contributed by atoms with Crippen LogP contribution in [-0.4, -0.2) is 41.6 Å². The highest BCUT2D eigenvalue weighted by Crippen LogP contribution is 2.59. The second kappa shape index (κ2) is 9.38. The Labute approximate surface area is 226 Å². The van der Waals surface area contributed by atoms with Gasteiger partial charge in [0, 0.05) is 56.3 Å². The Morgan fingerprint density at radius 2 is 1.50 bits per heavy atom. The molecule has 1 aromatic carbocycles. The summed E-state index contributed by atoms with van der Waals surface area (Å²) in [5.74, 6) is 0.229. The molecule has 0 bridgehead atoms. The maximum Gasteiger partial charge on any atom is 0.111 e. The monoisotopic (exact) mass is 521 g/mol. The van der Waals surface area contributed by atoms with Crippen molar-refractivity contribution in [3.8, 4) is 0 Å². The molecular weight excluding hydrogens is 478 g/mol. The smallest absolute Gasteiger partial charge is 0.111 e. The summed E-state index contributed by atoms with van der Waals surface area (Å²) in [4.78, 5) is 5.27. The van der Waals surface area contributed by atoms with E-state index in [2.05, 4.69) is 45.0 Å². The SMILES string of the molecule is CC(C)(C)c1ccc([C@H]2OC3(CCOCC3)c3c4c(nc(C5CCOCC5)c32)[C@H](O)C(C)(C)CC4O)cc1. The zero-order valence-electron chi connectivity index (χ0n) is 23.5. The van der Waals surface area contributed by atoms with E-state index in [1.54, 1.807) is 0 Å². The fourth-order valence-electron chi connectivity index (χ4n) is 7.12. The second-order valence-electron chi connectivity index (χ2n) is 13.6. The van der Waals surface area contributed by atoms with Gasteiger partial charge >= 0.3 is 0 Å². The molecule has 206 valence electrons. The summed E-state index contributed by atoms with van der Waals surface area (Å²) >= 11 is 0. The number of hydrogen-bond acceptors (Lipinski definition) is 6. The van der Waals surface area contributed by atoms with E-state index >= 15 is 0 Å². The Balaban J connectivity index is 1.60. The number of rotatable bonds is 2. The number of hydrogen-bond donors (Lipinski definition) is 2. The van der Waals surface area contributed by atoms with Crippen LogP contribution in [0.4, 0.5) is 0 Å². The molecular formula is C32H43NO5. The van der Waals surface area contributed by atoms with Crippen molar-refractivity contribution >= 4 is 0 Å². The molecule has 6 rings (SSSR count). The largest absolute Gasteiger partial charge is 0.388 e. The van der Waals surface area contributed by atoms with Gasteiger partial charge in [-0.2, -0.15) is 0 Å². The molecule has 3 atom stereocenters. The van der Waals surface area contributed by atoms with Gasteiger partial charge in [0.1, 0.15) is 12.2 Å². The van der Waals surface area contributed by atoms with Crippen molar-refractivity contribution in [2.45, 2.75) is 102 Å². The van der Waals surface area contributed by atoms with Crippen LogP contribution in [0.25, 0.3) is 0 Å². The van der Waals surface area contributed by atoms with Crippen LogP contribution in [0.3, 0.4) is 0 Å². The molecule has 1 spiro atoms. The molecule has 2 fully saturated rings. The van der Waals surface area contributed by atoms with Crippen LogP contribution in [0.2, 0.25) is 0 Å². The average molecular weight is 522 g/mol. The first kappa shape index (κ1) is 26.4. The molecule has 1 aromatic heterocycles. The highest BCUT2D eigenvalue weighted by Gasteiger charge is 2.54. The molecule has 2 aromatic rings. The van der Waals surface area contributed by atoms with Crippen molar-refractivity contribution in [3.05, 3.63) is 63.5 Å². The van der Waals surface area contributed by atoms with Crippen molar-refractivity contribution in [1.29, 1.82) is 0 Å². The number of nitrogens with zero attached hydrogens (tertiary/aromatic N) is 1. The van der Waals surface area contributed by atoms with Gasteiger partial charge in [-0.05, 0) is 46.8 Å². The predicted octanol–water partition coefficient (Wildman–Crippen LogP) is 5.90. The maximum absolute atomic E-state index is 11.6. The number of fused-ring (bicyclic) bond motifs is 4. The van der Waals surface area contributed by atoms with E-state index in [9.17, 15) is 10.2 Å². The molecule has 0 saturated carbocycles. The first-order valence-corrected chi connectivity index (χ1v) is 14.4. The number of aliphatic hydroxyl groups excluding tert-OH is 2. The van der Waals surface area contributed by atoms with Crippen molar-refractivity contribution in [2.24, 2.45) is 5.41 Å². The van der Waals surface area contributed by atoms with Gasteiger partial charge in [-0.25, -0.2) is 0 Å². The Bertz CT molecular complexity index is 1190. The molecule has 0 amide bonds. The lowest BCUT2D eigenvalue weighted by molar-refractivity contribution is -0.123. The summed E-state index contributed by atoms with van der Waals surface area (Å²) < 4.78 is 18.7. The van der Waals surface area contributed by atoms with Gasteiger partial charge in [-0.3, -0.25) is 4.98 Å². The molecule has 2 N–H and O–H groups in total. The lowest BCUT2D eigenvalue weighted by Gasteiger charge is -2.42. The van der Waals surface area contributed by atoms with Gasteiger partial charge in [0.15, 0.2) is 0 Å². The van der Waals surface area contributed by atoms with Gasteiger partial charge in [-0.1, -0.05) is 58.9 Å². The minimum Gasteiger partial charge on any atom is -0.388 e. The van der Waals surface area contributed by atoms with E-state index in [0.717, 1.165) is 53.6 Å². The minimum absolute atomic E-state index is 0.0653. The normalized spacial score (nSPS) is 28.8. The molecule has 2 saturated heterocycles. The highest BCUT2D eigenvalue weighted by atomic mass is 16.5. The molecule has 4 aliphatic rings. The van der Waals surface area contributed by atoms with Crippen LogP contribution < -0.4 is 0 Å². The van der Waals surface area contributed by atoms with Crippen molar-refractivity contribution < 1.29 is 24.4 Å². The molecule has 1 aliphatic carbocycles. The first-order valence-electron chi connectivity index (χ1n) is 14.4. The van der Waals surface area contributed by atoms with Crippen molar-refractivity contribution in [3.63, 3.8) is 0 Å². The fourth-order valence-corrected chi connectivity index (χ4v) is 7.12. The number of aromatic nitrogens is 1. The lowest BCUT2D eigenvalue weighted by Crippen LogP contribution is -2.38. The predicted molar refractivity (Wildman–Crippen MR) is 145 cm³/mol. The third-order valence-corrected chi connectivity index (χ3v) is 9.43. The van der Waals surface area contributed by atoms with Crippen molar-refractivity contribution in [1.82, 2.24) is 4.98 Å². The van der Waals surface area contributed by atoms with Crippen LogP contribution >= 0.6 is 0 Å². The fraction of sp³-hybridized carbons (Fsp3) is 0.656. The third-order valence-electron chi connectivity index (χ3n) is 9.43. The minimum atomic E-state index is -0.744. The number of aliphatic hydroxyl groups is 2. The van der Waals surface area contributed by atoms with Crippen LogP contribution in [-0.2, 0) is 25.2 Å². The Morgan fingerprint density at radius 1 is 0.868 bits per heavy atom. The number of ether oxygens (including phenoxy) is 3. The Morgan fingerprint density at radius 3 is 2.13 bits per heavy atom. The standard InChI is InChI=1S/C32H43NO5/c1-30(2,3)21-8-6-20(7-9-21)28-24-25(32(38-28)12-16-37-17-13-32)23-22(34)18-31(4,5)29(35)27(23)33-26(24)19-10-14-36-15-11-19/h6-9,19,22,28-29,34-35H,10-18H2,1-5H3/t22?,28-,29+/m1/s1.